The Hall–Kier alpha value is -2.41. The summed E-state index contributed by atoms with van der Waals surface area (Å²) in [7, 11) is 0. The summed E-state index contributed by atoms with van der Waals surface area (Å²) >= 11 is 0. The number of alkyl halides is 3. The van der Waals surface area contributed by atoms with E-state index in [1.54, 1.807) is 0 Å². The topological polar surface area (TPSA) is 76.2 Å². The normalized spacial score (nSPS) is 12.8. The lowest BCUT2D eigenvalue weighted by Crippen LogP contribution is -2.18. The average molecular weight is 352 g/mol. The van der Waals surface area contributed by atoms with Crippen LogP contribution in [0, 0.1) is 5.92 Å². The molecule has 134 valence electrons. The van der Waals surface area contributed by atoms with E-state index in [1.807, 2.05) is 6.92 Å². The summed E-state index contributed by atoms with van der Waals surface area (Å²) in [6, 6.07) is 6.13. The average Bonchev–Trinajstić information content (AvgIpc) is 2.59. The molecule has 1 unspecified atom stereocenters. The SMILES string of the molecule is CCC(CO)Cc1ncc(-c2ccc(C(F)(F)F)cc2)cc1C(N)=O. The highest BCUT2D eigenvalue weighted by Gasteiger charge is 2.30. The third kappa shape index (κ3) is 4.57. The van der Waals surface area contributed by atoms with Crippen LogP contribution < -0.4 is 5.73 Å². The van der Waals surface area contributed by atoms with E-state index < -0.39 is 17.6 Å². The van der Waals surface area contributed by atoms with E-state index in [2.05, 4.69) is 4.98 Å². The van der Waals surface area contributed by atoms with Crippen molar-refractivity contribution in [2.45, 2.75) is 25.9 Å². The zero-order chi connectivity index (χ0) is 18.6. The van der Waals surface area contributed by atoms with Crippen LogP contribution in [0.1, 0.15) is 35.0 Å². The fourth-order valence-corrected chi connectivity index (χ4v) is 2.49. The molecule has 3 N–H and O–H groups in total. The number of nitrogens with two attached hydrogens (primary N) is 1. The first-order valence-electron chi connectivity index (χ1n) is 7.83. The van der Waals surface area contributed by atoms with Crippen LogP contribution in [0.15, 0.2) is 36.5 Å². The van der Waals surface area contributed by atoms with Crippen molar-refractivity contribution in [3.8, 4) is 11.1 Å². The maximum Gasteiger partial charge on any atom is 0.416 e. The zero-order valence-electron chi connectivity index (χ0n) is 13.7. The maximum atomic E-state index is 12.6. The second-order valence-corrected chi connectivity index (χ2v) is 5.82. The van der Waals surface area contributed by atoms with Crippen LogP contribution in [-0.2, 0) is 12.6 Å². The molecule has 0 spiro atoms. The van der Waals surface area contributed by atoms with Gasteiger partial charge in [-0.05, 0) is 36.1 Å². The van der Waals surface area contributed by atoms with Crippen LogP contribution >= 0.6 is 0 Å². The molecular weight excluding hydrogens is 333 g/mol. The second-order valence-electron chi connectivity index (χ2n) is 5.82. The summed E-state index contributed by atoms with van der Waals surface area (Å²) < 4.78 is 37.9. The quantitative estimate of drug-likeness (QED) is 0.836. The number of aliphatic hydroxyl groups excluding tert-OH is 1. The summed E-state index contributed by atoms with van der Waals surface area (Å²) in [5.41, 5.74) is 6.36. The van der Waals surface area contributed by atoms with Crippen molar-refractivity contribution in [3.63, 3.8) is 0 Å². The molecule has 4 nitrogen and oxygen atoms in total. The molecule has 2 aromatic rings. The molecule has 2 rings (SSSR count). The molecule has 0 aliphatic rings. The molecule has 1 atom stereocenters. The van der Waals surface area contributed by atoms with Gasteiger partial charge in [0.15, 0.2) is 0 Å². The lowest BCUT2D eigenvalue weighted by molar-refractivity contribution is -0.137. The van der Waals surface area contributed by atoms with Gasteiger partial charge in [0.25, 0.3) is 5.91 Å². The molecule has 0 fully saturated rings. The number of hydrogen-bond acceptors (Lipinski definition) is 3. The smallest absolute Gasteiger partial charge is 0.396 e. The van der Waals surface area contributed by atoms with Crippen molar-refractivity contribution < 1.29 is 23.1 Å². The Morgan fingerprint density at radius 1 is 1.24 bits per heavy atom. The lowest BCUT2D eigenvalue weighted by atomic mass is 9.96. The minimum absolute atomic E-state index is 0.0307. The first-order valence-corrected chi connectivity index (χ1v) is 7.83. The van der Waals surface area contributed by atoms with Crippen LogP contribution in [0.2, 0.25) is 0 Å². The number of amides is 1. The molecule has 0 saturated heterocycles. The highest BCUT2D eigenvalue weighted by Crippen LogP contribution is 2.31. The number of rotatable bonds is 6. The predicted octanol–water partition coefficient (Wildman–Crippen LogP) is 3.43. The molecule has 1 amide bonds. The number of primary amides is 1. The lowest BCUT2D eigenvalue weighted by Gasteiger charge is -2.14. The van der Waals surface area contributed by atoms with Crippen LogP contribution in [0.3, 0.4) is 0 Å². The number of hydrogen-bond donors (Lipinski definition) is 2. The van der Waals surface area contributed by atoms with Crippen molar-refractivity contribution in [2.75, 3.05) is 6.61 Å². The van der Waals surface area contributed by atoms with E-state index in [1.165, 1.54) is 24.4 Å². The highest BCUT2D eigenvalue weighted by atomic mass is 19.4. The number of benzene rings is 1. The number of carbonyl (C=O) groups excluding carboxylic acids is 1. The Balaban J connectivity index is 2.37. The molecule has 25 heavy (non-hydrogen) atoms. The largest absolute Gasteiger partial charge is 0.416 e. The van der Waals surface area contributed by atoms with E-state index in [9.17, 15) is 23.1 Å². The number of halogens is 3. The Kier molecular flexibility index (Phi) is 5.79. The molecule has 7 heteroatoms. The fourth-order valence-electron chi connectivity index (χ4n) is 2.49. The fraction of sp³-hybridized carbons (Fsp3) is 0.333. The number of aromatic nitrogens is 1. The molecule has 0 aliphatic heterocycles. The first-order chi connectivity index (χ1) is 11.8. The summed E-state index contributed by atoms with van der Waals surface area (Å²) in [5, 5.41) is 9.31. The van der Waals surface area contributed by atoms with Crippen LogP contribution in [0.4, 0.5) is 13.2 Å². The number of pyridine rings is 1. The number of carbonyl (C=O) groups is 1. The van der Waals surface area contributed by atoms with Gasteiger partial charge in [-0.3, -0.25) is 9.78 Å². The summed E-state index contributed by atoms with van der Waals surface area (Å²) in [5.74, 6) is -0.702. The van der Waals surface area contributed by atoms with E-state index in [4.69, 9.17) is 5.73 Å². The summed E-state index contributed by atoms with van der Waals surface area (Å²) in [6.45, 7) is 1.89. The van der Waals surface area contributed by atoms with Gasteiger partial charge in [-0.25, -0.2) is 0 Å². The third-order valence-corrected chi connectivity index (χ3v) is 4.10. The van der Waals surface area contributed by atoms with E-state index >= 15 is 0 Å². The highest BCUT2D eigenvalue weighted by molar-refractivity contribution is 5.95. The van der Waals surface area contributed by atoms with E-state index in [0.29, 0.717) is 23.2 Å². The molecule has 0 aliphatic carbocycles. The Labute approximate surface area is 143 Å². The van der Waals surface area contributed by atoms with Gasteiger partial charge in [0.05, 0.1) is 16.8 Å². The van der Waals surface area contributed by atoms with Crippen molar-refractivity contribution in [2.24, 2.45) is 11.7 Å². The van der Waals surface area contributed by atoms with Gasteiger partial charge in [0.1, 0.15) is 0 Å². The maximum absolute atomic E-state index is 12.6. The van der Waals surface area contributed by atoms with Gasteiger partial charge in [-0.15, -0.1) is 0 Å². The molecule has 1 aromatic carbocycles. The summed E-state index contributed by atoms with van der Waals surface area (Å²) in [6.07, 6.45) is -1.79. The van der Waals surface area contributed by atoms with Crippen molar-refractivity contribution in [1.82, 2.24) is 4.98 Å². The van der Waals surface area contributed by atoms with Crippen molar-refractivity contribution in [3.05, 3.63) is 53.3 Å². The molecule has 0 radical (unpaired) electrons. The van der Waals surface area contributed by atoms with Crippen molar-refractivity contribution >= 4 is 5.91 Å². The Bertz CT molecular complexity index is 739. The Morgan fingerprint density at radius 3 is 2.36 bits per heavy atom. The van der Waals surface area contributed by atoms with Gasteiger partial charge in [-0.1, -0.05) is 25.5 Å². The molecule has 0 saturated carbocycles. The summed E-state index contributed by atoms with van der Waals surface area (Å²) in [4.78, 5) is 16.0. The van der Waals surface area contributed by atoms with E-state index in [-0.39, 0.29) is 18.1 Å². The number of aliphatic hydroxyl groups is 1. The predicted molar refractivity (Wildman–Crippen MR) is 87.8 cm³/mol. The third-order valence-electron chi connectivity index (χ3n) is 4.10. The van der Waals surface area contributed by atoms with Crippen LogP contribution in [-0.4, -0.2) is 22.6 Å². The minimum atomic E-state index is -4.40. The van der Waals surface area contributed by atoms with E-state index in [0.717, 1.165) is 18.6 Å². The zero-order valence-corrected chi connectivity index (χ0v) is 13.7. The van der Waals surface area contributed by atoms with Crippen LogP contribution in [0.5, 0.6) is 0 Å². The Morgan fingerprint density at radius 2 is 1.88 bits per heavy atom. The van der Waals surface area contributed by atoms with Crippen LogP contribution in [0.25, 0.3) is 11.1 Å². The van der Waals surface area contributed by atoms with Gasteiger partial charge in [0, 0.05) is 18.4 Å². The molecule has 1 heterocycles. The first kappa shape index (κ1) is 18.9. The van der Waals surface area contributed by atoms with Gasteiger partial charge >= 0.3 is 6.18 Å². The monoisotopic (exact) mass is 352 g/mol. The van der Waals surface area contributed by atoms with Gasteiger partial charge < -0.3 is 10.8 Å². The molecular formula is C18H19F3N2O2. The van der Waals surface area contributed by atoms with Crippen molar-refractivity contribution in [1.29, 1.82) is 0 Å². The standard InChI is InChI=1S/C18H19F3N2O2/c1-2-11(10-24)7-16-15(17(22)25)8-13(9-23-16)12-3-5-14(6-4-12)18(19,20)21/h3-6,8-9,11,24H,2,7,10H2,1H3,(H2,22,25). The second kappa shape index (κ2) is 7.65. The van der Waals surface area contributed by atoms with Gasteiger partial charge in [0.2, 0.25) is 0 Å². The minimum Gasteiger partial charge on any atom is -0.396 e. The van der Waals surface area contributed by atoms with Gasteiger partial charge in [-0.2, -0.15) is 13.2 Å². The number of nitrogens with zero attached hydrogens (tertiary/aromatic N) is 1. The molecule has 1 aromatic heterocycles. The molecule has 0 bridgehead atoms.